The molecule has 1 aliphatic heterocycles. The molecule has 21 heavy (non-hydrogen) atoms. The molecule has 0 spiro atoms. The van der Waals surface area contributed by atoms with Gasteiger partial charge in [-0.2, -0.15) is 0 Å². The zero-order valence-electron chi connectivity index (χ0n) is 13.1. The fraction of sp³-hybridized carbons (Fsp3) is 0.778. The summed E-state index contributed by atoms with van der Waals surface area (Å²) in [5, 5.41) is 0.241. The van der Waals surface area contributed by atoms with E-state index >= 15 is 0 Å². The first-order valence-corrected chi connectivity index (χ1v) is 9.89. The van der Waals surface area contributed by atoms with Gasteiger partial charge in [-0.1, -0.05) is 26.2 Å². The molecule has 0 radical (unpaired) electrons. The average molecular weight is 327 g/mol. The van der Waals surface area contributed by atoms with Crippen molar-refractivity contribution < 1.29 is 4.74 Å². The Balaban J connectivity index is 1.78. The number of ether oxygens (including phenoxy) is 1. The van der Waals surface area contributed by atoms with Gasteiger partial charge in [-0.25, -0.2) is 0 Å². The van der Waals surface area contributed by atoms with E-state index in [9.17, 15) is 0 Å². The Morgan fingerprint density at radius 1 is 1.19 bits per heavy atom. The van der Waals surface area contributed by atoms with Crippen LogP contribution in [0.2, 0.25) is 0 Å². The summed E-state index contributed by atoms with van der Waals surface area (Å²) in [6, 6.07) is 2.45. The van der Waals surface area contributed by atoms with Crippen LogP contribution in [0, 0.1) is 5.92 Å². The number of halogens is 1. The number of alkyl halides is 1. The van der Waals surface area contributed by atoms with Gasteiger partial charge in [-0.15, -0.1) is 22.9 Å². The number of hydrogen-bond acceptors (Lipinski definition) is 2. The molecule has 2 heterocycles. The van der Waals surface area contributed by atoms with Crippen molar-refractivity contribution in [3.63, 3.8) is 0 Å². The van der Waals surface area contributed by atoms with Crippen molar-refractivity contribution in [3.8, 4) is 0 Å². The maximum Gasteiger partial charge on any atom is 0.0624 e. The van der Waals surface area contributed by atoms with E-state index in [1.54, 1.807) is 4.88 Å². The van der Waals surface area contributed by atoms with Crippen LogP contribution in [-0.4, -0.2) is 13.2 Å². The Labute approximate surface area is 138 Å². The third-order valence-corrected chi connectivity index (χ3v) is 7.22. The van der Waals surface area contributed by atoms with Gasteiger partial charge < -0.3 is 4.74 Å². The lowest BCUT2D eigenvalue weighted by molar-refractivity contribution is 0.0860. The molecule has 1 unspecified atom stereocenters. The Hall–Kier alpha value is -0.0500. The van der Waals surface area contributed by atoms with Gasteiger partial charge in [0.05, 0.1) is 5.38 Å². The molecule has 0 amide bonds. The van der Waals surface area contributed by atoms with E-state index in [1.165, 1.54) is 55.4 Å². The molecule has 0 bridgehead atoms. The van der Waals surface area contributed by atoms with Crippen molar-refractivity contribution >= 4 is 22.9 Å². The predicted molar refractivity (Wildman–Crippen MR) is 91.7 cm³/mol. The SMILES string of the molecule is CCc1sc(C2CCOCC2)cc1C(Cl)C1CCCCC1. The lowest BCUT2D eigenvalue weighted by atomic mass is 9.84. The van der Waals surface area contributed by atoms with E-state index in [0.29, 0.717) is 11.8 Å². The van der Waals surface area contributed by atoms with Crippen LogP contribution in [0.25, 0.3) is 0 Å². The highest BCUT2D eigenvalue weighted by atomic mass is 35.5. The molecule has 1 saturated heterocycles. The van der Waals surface area contributed by atoms with Gasteiger partial charge in [-0.05, 0) is 55.6 Å². The molecule has 1 nitrogen and oxygen atoms in total. The van der Waals surface area contributed by atoms with Crippen LogP contribution < -0.4 is 0 Å². The highest BCUT2D eigenvalue weighted by Gasteiger charge is 2.28. The molecule has 1 aromatic heterocycles. The van der Waals surface area contributed by atoms with E-state index in [1.807, 2.05) is 11.3 Å². The molecule has 1 saturated carbocycles. The maximum absolute atomic E-state index is 6.90. The van der Waals surface area contributed by atoms with Gasteiger partial charge in [0, 0.05) is 23.0 Å². The number of rotatable bonds is 4. The van der Waals surface area contributed by atoms with Crippen LogP contribution in [0.4, 0.5) is 0 Å². The maximum atomic E-state index is 6.90. The normalized spacial score (nSPS) is 23.3. The number of hydrogen-bond donors (Lipinski definition) is 0. The van der Waals surface area contributed by atoms with Crippen LogP contribution >= 0.6 is 22.9 Å². The van der Waals surface area contributed by atoms with Crippen molar-refractivity contribution in [2.75, 3.05) is 13.2 Å². The molecule has 1 aromatic rings. The molecule has 0 aromatic carbocycles. The third kappa shape index (κ3) is 3.65. The van der Waals surface area contributed by atoms with E-state index < -0.39 is 0 Å². The quantitative estimate of drug-likeness (QED) is 0.610. The summed E-state index contributed by atoms with van der Waals surface area (Å²) in [6.45, 7) is 4.12. The third-order valence-electron chi connectivity index (χ3n) is 5.17. The first kappa shape index (κ1) is 15.8. The number of aryl methyl sites for hydroxylation is 1. The summed E-state index contributed by atoms with van der Waals surface area (Å²) >= 11 is 8.92. The molecule has 1 atom stereocenters. The Kier molecular flexibility index (Phi) is 5.64. The van der Waals surface area contributed by atoms with Crippen molar-refractivity contribution in [1.82, 2.24) is 0 Å². The van der Waals surface area contributed by atoms with Crippen LogP contribution in [-0.2, 0) is 11.2 Å². The van der Waals surface area contributed by atoms with E-state index in [-0.39, 0.29) is 5.38 Å². The molecular weight excluding hydrogens is 300 g/mol. The topological polar surface area (TPSA) is 9.23 Å². The monoisotopic (exact) mass is 326 g/mol. The van der Waals surface area contributed by atoms with Gasteiger partial charge in [-0.3, -0.25) is 0 Å². The Bertz CT molecular complexity index is 444. The summed E-state index contributed by atoms with van der Waals surface area (Å²) in [5.41, 5.74) is 1.46. The zero-order chi connectivity index (χ0) is 14.7. The van der Waals surface area contributed by atoms with E-state index in [0.717, 1.165) is 19.6 Å². The minimum absolute atomic E-state index is 0.241. The molecule has 2 aliphatic rings. The van der Waals surface area contributed by atoms with Crippen LogP contribution in [0.5, 0.6) is 0 Å². The van der Waals surface area contributed by atoms with Crippen molar-refractivity contribution in [2.45, 2.75) is 69.6 Å². The first-order chi connectivity index (χ1) is 10.3. The number of thiophene rings is 1. The molecular formula is C18H27ClOS. The summed E-state index contributed by atoms with van der Waals surface area (Å²) in [4.78, 5) is 3.09. The standard InChI is InChI=1S/C18H27ClOS/c1-2-16-15(18(19)14-6-4-3-5-7-14)12-17(21-16)13-8-10-20-11-9-13/h12-14,18H,2-11H2,1H3. The Morgan fingerprint density at radius 3 is 2.57 bits per heavy atom. The first-order valence-electron chi connectivity index (χ1n) is 8.64. The lowest BCUT2D eigenvalue weighted by Crippen LogP contribution is -2.13. The van der Waals surface area contributed by atoms with Crippen molar-refractivity contribution in [3.05, 3.63) is 21.4 Å². The van der Waals surface area contributed by atoms with Gasteiger partial charge in [0.25, 0.3) is 0 Å². The molecule has 0 N–H and O–H groups in total. The second kappa shape index (κ2) is 7.48. The fourth-order valence-electron chi connectivity index (χ4n) is 3.84. The summed E-state index contributed by atoms with van der Waals surface area (Å²) in [6.07, 6.45) is 10.3. The zero-order valence-corrected chi connectivity index (χ0v) is 14.6. The van der Waals surface area contributed by atoms with Crippen molar-refractivity contribution in [2.24, 2.45) is 5.92 Å². The summed E-state index contributed by atoms with van der Waals surface area (Å²) in [7, 11) is 0. The van der Waals surface area contributed by atoms with E-state index in [4.69, 9.17) is 16.3 Å². The lowest BCUT2D eigenvalue weighted by Gasteiger charge is -2.26. The van der Waals surface area contributed by atoms with Gasteiger partial charge >= 0.3 is 0 Å². The van der Waals surface area contributed by atoms with Crippen LogP contribution in [0.15, 0.2) is 6.07 Å². The summed E-state index contributed by atoms with van der Waals surface area (Å²) in [5.74, 6) is 1.40. The molecule has 118 valence electrons. The van der Waals surface area contributed by atoms with Crippen molar-refractivity contribution in [1.29, 1.82) is 0 Å². The second-order valence-corrected chi connectivity index (χ2v) is 8.21. The fourth-order valence-corrected chi connectivity index (χ4v) is 5.67. The second-order valence-electron chi connectivity index (χ2n) is 6.57. The minimum Gasteiger partial charge on any atom is -0.381 e. The molecule has 3 heteroatoms. The minimum atomic E-state index is 0.241. The van der Waals surface area contributed by atoms with E-state index in [2.05, 4.69) is 13.0 Å². The molecule has 1 aliphatic carbocycles. The van der Waals surface area contributed by atoms with Gasteiger partial charge in [0.1, 0.15) is 0 Å². The molecule has 3 rings (SSSR count). The predicted octanol–water partition coefficient (Wildman–Crippen LogP) is 6.06. The van der Waals surface area contributed by atoms with Crippen LogP contribution in [0.1, 0.15) is 78.5 Å². The smallest absolute Gasteiger partial charge is 0.0624 e. The van der Waals surface area contributed by atoms with Gasteiger partial charge in [0.15, 0.2) is 0 Å². The summed E-state index contributed by atoms with van der Waals surface area (Å²) < 4.78 is 5.51. The highest BCUT2D eigenvalue weighted by molar-refractivity contribution is 7.12. The largest absolute Gasteiger partial charge is 0.381 e. The Morgan fingerprint density at radius 2 is 1.90 bits per heavy atom. The van der Waals surface area contributed by atoms with Gasteiger partial charge in [0.2, 0.25) is 0 Å². The highest BCUT2D eigenvalue weighted by Crippen LogP contribution is 2.44. The van der Waals surface area contributed by atoms with Crippen LogP contribution in [0.3, 0.4) is 0 Å². The molecule has 2 fully saturated rings. The average Bonchev–Trinajstić information content (AvgIpc) is 3.00.